The van der Waals surface area contributed by atoms with Crippen LogP contribution in [-0.4, -0.2) is 34.6 Å². The molecule has 3 heteroatoms. The van der Waals surface area contributed by atoms with Crippen LogP contribution in [0.1, 0.15) is 29.2 Å². The molecule has 0 amide bonds. The van der Waals surface area contributed by atoms with Gasteiger partial charge in [0, 0.05) is 29.7 Å². The maximum absolute atomic E-state index is 3.93. The molecule has 0 bridgehead atoms. The molecule has 6 atom stereocenters. The van der Waals surface area contributed by atoms with Crippen molar-refractivity contribution in [1.82, 2.24) is 9.80 Å². The molecule has 1 unspecified atom stereocenters. The van der Waals surface area contributed by atoms with Gasteiger partial charge in [0.2, 0.25) is 0 Å². The van der Waals surface area contributed by atoms with Gasteiger partial charge in [-0.15, -0.1) is 0 Å². The van der Waals surface area contributed by atoms with Crippen LogP contribution in [0.2, 0.25) is 0 Å². The molecule has 3 nitrogen and oxygen atoms in total. The van der Waals surface area contributed by atoms with Crippen LogP contribution in [0.3, 0.4) is 0 Å². The number of anilines is 1. The molecule has 0 aliphatic carbocycles. The Bertz CT molecular complexity index is 1070. The van der Waals surface area contributed by atoms with Crippen molar-refractivity contribution in [1.29, 1.82) is 0 Å². The molecule has 7 rings (SSSR count). The second kappa shape index (κ2) is 5.71. The lowest BCUT2D eigenvalue weighted by Crippen LogP contribution is -2.48. The van der Waals surface area contributed by atoms with Gasteiger partial charge < -0.3 is 5.32 Å². The minimum atomic E-state index is 0.224. The fourth-order valence-corrected chi connectivity index (χ4v) is 6.78. The summed E-state index contributed by atoms with van der Waals surface area (Å²) >= 11 is 0. The molecule has 144 valence electrons. The Hall–Kier alpha value is -2.62. The fraction of sp³-hybridized carbons (Fsp3) is 0.308. The highest BCUT2D eigenvalue weighted by Gasteiger charge is 2.76. The minimum absolute atomic E-state index is 0.224. The first-order valence-electron chi connectivity index (χ1n) is 10.8. The predicted molar refractivity (Wildman–Crippen MR) is 116 cm³/mol. The highest BCUT2D eigenvalue weighted by molar-refractivity contribution is 5.66. The van der Waals surface area contributed by atoms with E-state index in [1.54, 1.807) is 5.56 Å². The van der Waals surface area contributed by atoms with Crippen LogP contribution in [0.4, 0.5) is 5.69 Å². The zero-order valence-electron chi connectivity index (χ0n) is 16.4. The molecular weight excluding hydrogens is 354 g/mol. The molecule has 3 saturated heterocycles. The number of rotatable bonds is 3. The summed E-state index contributed by atoms with van der Waals surface area (Å²) in [5.74, 6) is 0. The van der Waals surface area contributed by atoms with Crippen LogP contribution in [-0.2, 0) is 12.0 Å². The third kappa shape index (κ3) is 2.04. The maximum atomic E-state index is 3.93. The van der Waals surface area contributed by atoms with Crippen LogP contribution in [0.15, 0.2) is 84.9 Å². The van der Waals surface area contributed by atoms with Crippen LogP contribution in [0, 0.1) is 0 Å². The summed E-state index contributed by atoms with van der Waals surface area (Å²) in [4.78, 5) is 5.54. The molecule has 3 aromatic rings. The minimum Gasteiger partial charge on any atom is -0.368 e. The van der Waals surface area contributed by atoms with E-state index < -0.39 is 0 Å². The predicted octanol–water partition coefficient (Wildman–Crippen LogP) is 4.39. The van der Waals surface area contributed by atoms with Gasteiger partial charge in [0.05, 0.1) is 12.2 Å². The highest BCUT2D eigenvalue weighted by Crippen LogP contribution is 2.67. The second-order valence-electron chi connectivity index (χ2n) is 9.08. The van der Waals surface area contributed by atoms with Crippen LogP contribution in [0.25, 0.3) is 0 Å². The Morgan fingerprint density at radius 1 is 0.862 bits per heavy atom. The quantitative estimate of drug-likeness (QED) is 0.681. The zero-order valence-corrected chi connectivity index (χ0v) is 16.4. The van der Waals surface area contributed by atoms with E-state index in [0.717, 1.165) is 6.54 Å². The van der Waals surface area contributed by atoms with Gasteiger partial charge >= 0.3 is 0 Å². The molecule has 4 heterocycles. The highest BCUT2D eigenvalue weighted by atomic mass is 15.5. The van der Waals surface area contributed by atoms with E-state index in [0.29, 0.717) is 24.3 Å². The van der Waals surface area contributed by atoms with E-state index in [2.05, 4.69) is 100 Å². The number of likely N-dealkylation sites (tertiary alicyclic amines) is 1. The van der Waals surface area contributed by atoms with Gasteiger partial charge in [0.15, 0.2) is 0 Å². The smallest absolute Gasteiger partial charge is 0.0918 e. The number of nitrogens with one attached hydrogen (secondary N) is 1. The summed E-state index contributed by atoms with van der Waals surface area (Å²) in [6, 6.07) is 32.9. The third-order valence-electron chi connectivity index (χ3n) is 7.83. The normalized spacial score (nSPS) is 36.1. The number of fused-ring (bicyclic) bond motifs is 4. The van der Waals surface area contributed by atoms with E-state index in [1.165, 1.54) is 29.8 Å². The van der Waals surface area contributed by atoms with Crippen LogP contribution < -0.4 is 5.32 Å². The summed E-state index contributed by atoms with van der Waals surface area (Å²) in [7, 11) is 0. The molecule has 3 aromatic carbocycles. The number of benzene rings is 3. The number of hydrogen-bond acceptors (Lipinski definition) is 3. The Morgan fingerprint density at radius 2 is 1.59 bits per heavy atom. The van der Waals surface area contributed by atoms with Crippen molar-refractivity contribution in [2.24, 2.45) is 0 Å². The van der Waals surface area contributed by atoms with Gasteiger partial charge in [-0.05, 0) is 35.7 Å². The van der Waals surface area contributed by atoms with E-state index in [4.69, 9.17) is 0 Å². The third-order valence-corrected chi connectivity index (χ3v) is 7.83. The van der Waals surface area contributed by atoms with Crippen molar-refractivity contribution in [3.63, 3.8) is 0 Å². The van der Waals surface area contributed by atoms with Gasteiger partial charge in [-0.25, -0.2) is 0 Å². The van der Waals surface area contributed by atoms with Crippen molar-refractivity contribution in [2.45, 2.75) is 42.7 Å². The van der Waals surface area contributed by atoms with Gasteiger partial charge in [-0.1, -0.05) is 78.9 Å². The monoisotopic (exact) mass is 379 g/mol. The largest absolute Gasteiger partial charge is 0.368 e. The van der Waals surface area contributed by atoms with Crippen molar-refractivity contribution in [2.75, 3.05) is 11.9 Å². The Kier molecular flexibility index (Phi) is 3.19. The van der Waals surface area contributed by atoms with E-state index in [-0.39, 0.29) is 5.41 Å². The first kappa shape index (κ1) is 16.2. The number of nitrogens with zero attached hydrogens (tertiary/aromatic N) is 2. The Morgan fingerprint density at radius 3 is 2.41 bits per heavy atom. The topological polar surface area (TPSA) is 18.3 Å². The summed E-state index contributed by atoms with van der Waals surface area (Å²) in [6.07, 6.45) is 1.66. The number of para-hydroxylation sites is 1. The fourth-order valence-electron chi connectivity index (χ4n) is 6.78. The van der Waals surface area contributed by atoms with E-state index in [9.17, 15) is 0 Å². The molecule has 4 aliphatic rings. The first-order chi connectivity index (χ1) is 14.4. The zero-order chi connectivity index (χ0) is 19.0. The summed E-state index contributed by atoms with van der Waals surface area (Å²) in [6.45, 7) is 2.23. The number of hydrogen-bond donors (Lipinski definition) is 1. The molecule has 0 aromatic heterocycles. The average molecular weight is 380 g/mol. The molecule has 1 spiro atoms. The van der Waals surface area contributed by atoms with Crippen molar-refractivity contribution >= 4 is 5.69 Å². The maximum Gasteiger partial charge on any atom is 0.0918 e. The van der Waals surface area contributed by atoms with Crippen LogP contribution in [0.5, 0.6) is 0 Å². The van der Waals surface area contributed by atoms with Crippen molar-refractivity contribution < 1.29 is 0 Å². The molecular formula is C26H25N3. The number of piperidine rings is 1. The molecule has 1 N–H and O–H groups in total. The Labute approximate surface area is 172 Å². The molecule has 29 heavy (non-hydrogen) atoms. The van der Waals surface area contributed by atoms with Gasteiger partial charge in [-0.3, -0.25) is 9.80 Å². The molecule has 0 saturated carbocycles. The SMILES string of the molecule is c1ccc(CN2CC[C@]34c5ccccc5N[C@H]3[N@]3C(c5ccccc5)[C@@H]3[C@H]24)cc1. The van der Waals surface area contributed by atoms with Gasteiger partial charge in [-0.2, -0.15) is 0 Å². The standard InChI is InChI=1S/C26H25N3/c1-3-9-18(10-4-1)17-28-16-15-26-20-13-7-8-14-21(20)27-25(26)29-22(23(29)24(26)28)19-11-5-2-6-12-19/h1-14,22-25,27H,15-17H2/t22?,23-,24+,25+,26-,29-/m1/s1. The second-order valence-corrected chi connectivity index (χ2v) is 9.08. The van der Waals surface area contributed by atoms with Crippen molar-refractivity contribution in [3.8, 4) is 0 Å². The summed E-state index contributed by atoms with van der Waals surface area (Å²) in [5, 5.41) is 3.93. The lowest BCUT2D eigenvalue weighted by Gasteiger charge is -2.36. The van der Waals surface area contributed by atoms with Gasteiger partial charge in [0.1, 0.15) is 0 Å². The van der Waals surface area contributed by atoms with E-state index in [1.807, 2.05) is 0 Å². The lowest BCUT2D eigenvalue weighted by molar-refractivity contribution is 0.206. The average Bonchev–Trinajstić information content (AvgIpc) is 3.08. The first-order valence-corrected chi connectivity index (χ1v) is 10.8. The summed E-state index contributed by atoms with van der Waals surface area (Å²) < 4.78 is 0. The van der Waals surface area contributed by atoms with Crippen molar-refractivity contribution in [3.05, 3.63) is 102 Å². The van der Waals surface area contributed by atoms with Crippen LogP contribution >= 0.6 is 0 Å². The molecule has 3 fully saturated rings. The van der Waals surface area contributed by atoms with Gasteiger partial charge in [0.25, 0.3) is 0 Å². The summed E-state index contributed by atoms with van der Waals surface area (Å²) in [5.41, 5.74) is 6.01. The van der Waals surface area contributed by atoms with E-state index >= 15 is 0 Å². The Balaban J connectivity index is 1.32. The molecule has 0 radical (unpaired) electrons. The lowest BCUT2D eigenvalue weighted by atomic mass is 9.73. The molecule has 4 aliphatic heterocycles.